The first-order chi connectivity index (χ1) is 13.4. The van der Waals surface area contributed by atoms with Crippen molar-refractivity contribution in [3.63, 3.8) is 0 Å². The molecule has 2 aromatic rings. The van der Waals surface area contributed by atoms with Crippen LogP contribution in [0, 0.1) is 0 Å². The van der Waals surface area contributed by atoms with E-state index in [1.165, 1.54) is 6.92 Å². The fourth-order valence-electron chi connectivity index (χ4n) is 3.08. The van der Waals surface area contributed by atoms with E-state index in [1.54, 1.807) is 6.07 Å². The molecular formula is C20H21ClN4O2S. The first kappa shape index (κ1) is 20.1. The van der Waals surface area contributed by atoms with E-state index in [9.17, 15) is 9.59 Å². The van der Waals surface area contributed by atoms with Crippen LogP contribution in [0.4, 0.5) is 11.4 Å². The number of carbonyl (C=O) groups excluding carboxylic acids is 2. The van der Waals surface area contributed by atoms with Crippen LogP contribution in [0.2, 0.25) is 5.02 Å². The zero-order valence-electron chi connectivity index (χ0n) is 15.4. The van der Waals surface area contributed by atoms with Crippen LogP contribution in [0.25, 0.3) is 0 Å². The van der Waals surface area contributed by atoms with E-state index >= 15 is 0 Å². The van der Waals surface area contributed by atoms with Gasteiger partial charge in [-0.15, -0.1) is 0 Å². The molecule has 0 aliphatic carbocycles. The minimum Gasteiger partial charge on any atom is -0.367 e. The average Bonchev–Trinajstić information content (AvgIpc) is 2.68. The zero-order valence-corrected chi connectivity index (χ0v) is 17.0. The van der Waals surface area contributed by atoms with Gasteiger partial charge >= 0.3 is 0 Å². The number of nitrogens with zero attached hydrogens (tertiary/aromatic N) is 2. The summed E-state index contributed by atoms with van der Waals surface area (Å²) >= 11 is 11.5. The number of carbonyl (C=O) groups is 2. The Bertz CT molecular complexity index is 883. The predicted molar refractivity (Wildman–Crippen MR) is 116 cm³/mol. The monoisotopic (exact) mass is 416 g/mol. The van der Waals surface area contributed by atoms with Gasteiger partial charge in [-0.25, -0.2) is 0 Å². The smallest absolute Gasteiger partial charge is 0.253 e. The standard InChI is InChI=1S/C20H21ClN4O2S/c1-14(26)22-20(28)23-16-7-8-18(17(21)13-16)24-9-11-25(12-10-24)19(27)15-5-3-2-4-6-15/h2-8,13H,9-12H2,1H3,(H2,22,23,26,28). The highest BCUT2D eigenvalue weighted by molar-refractivity contribution is 7.80. The first-order valence-corrected chi connectivity index (χ1v) is 9.70. The summed E-state index contributed by atoms with van der Waals surface area (Å²) in [6, 6.07) is 14.9. The quantitative estimate of drug-likeness (QED) is 0.752. The molecule has 0 bridgehead atoms. The van der Waals surface area contributed by atoms with Gasteiger partial charge in [0.25, 0.3) is 5.91 Å². The molecule has 2 N–H and O–H groups in total. The summed E-state index contributed by atoms with van der Waals surface area (Å²) in [6.45, 7) is 4.07. The van der Waals surface area contributed by atoms with Crippen molar-refractivity contribution in [1.29, 1.82) is 0 Å². The number of hydrogen-bond donors (Lipinski definition) is 2. The van der Waals surface area contributed by atoms with Crippen LogP contribution in [-0.4, -0.2) is 48.0 Å². The summed E-state index contributed by atoms with van der Waals surface area (Å²) in [4.78, 5) is 27.6. The number of nitrogens with one attached hydrogen (secondary N) is 2. The van der Waals surface area contributed by atoms with Crippen LogP contribution in [0.1, 0.15) is 17.3 Å². The Kier molecular flexibility index (Phi) is 6.49. The number of anilines is 2. The van der Waals surface area contributed by atoms with Crippen molar-refractivity contribution >= 4 is 52.1 Å². The fourth-order valence-corrected chi connectivity index (χ4v) is 3.64. The Morgan fingerprint density at radius 3 is 2.32 bits per heavy atom. The Morgan fingerprint density at radius 2 is 1.71 bits per heavy atom. The van der Waals surface area contributed by atoms with Crippen molar-refractivity contribution in [2.75, 3.05) is 36.4 Å². The van der Waals surface area contributed by atoms with Gasteiger partial charge in [0.2, 0.25) is 5.91 Å². The number of benzene rings is 2. The first-order valence-electron chi connectivity index (χ1n) is 8.91. The molecule has 2 amide bonds. The van der Waals surface area contributed by atoms with E-state index in [1.807, 2.05) is 47.4 Å². The van der Waals surface area contributed by atoms with E-state index in [4.69, 9.17) is 23.8 Å². The summed E-state index contributed by atoms with van der Waals surface area (Å²) in [5.41, 5.74) is 2.31. The maximum atomic E-state index is 12.6. The second-order valence-electron chi connectivity index (χ2n) is 6.45. The maximum absolute atomic E-state index is 12.6. The van der Waals surface area contributed by atoms with Gasteiger partial charge in [-0.05, 0) is 42.5 Å². The lowest BCUT2D eigenvalue weighted by molar-refractivity contribution is -0.117. The van der Waals surface area contributed by atoms with Gasteiger partial charge in [0.1, 0.15) is 0 Å². The second-order valence-corrected chi connectivity index (χ2v) is 7.26. The molecule has 1 fully saturated rings. The molecule has 1 aliphatic heterocycles. The summed E-state index contributed by atoms with van der Waals surface area (Å²) < 4.78 is 0. The Hall–Kier alpha value is -2.64. The highest BCUT2D eigenvalue weighted by atomic mass is 35.5. The molecule has 0 radical (unpaired) electrons. The van der Waals surface area contributed by atoms with Gasteiger partial charge in [0.15, 0.2) is 5.11 Å². The topological polar surface area (TPSA) is 64.7 Å². The molecule has 0 spiro atoms. The van der Waals surface area contributed by atoms with Crippen LogP contribution in [0.15, 0.2) is 48.5 Å². The maximum Gasteiger partial charge on any atom is 0.253 e. The highest BCUT2D eigenvalue weighted by Gasteiger charge is 2.23. The van der Waals surface area contributed by atoms with Gasteiger partial charge in [0, 0.05) is 44.4 Å². The van der Waals surface area contributed by atoms with Gasteiger partial charge in [0.05, 0.1) is 10.7 Å². The van der Waals surface area contributed by atoms with Crippen LogP contribution in [0.5, 0.6) is 0 Å². The normalized spacial score (nSPS) is 13.8. The molecule has 0 aromatic heterocycles. The lowest BCUT2D eigenvalue weighted by Gasteiger charge is -2.36. The van der Waals surface area contributed by atoms with Crippen molar-refractivity contribution < 1.29 is 9.59 Å². The van der Waals surface area contributed by atoms with Crippen LogP contribution < -0.4 is 15.5 Å². The van der Waals surface area contributed by atoms with Crippen molar-refractivity contribution in [3.8, 4) is 0 Å². The van der Waals surface area contributed by atoms with E-state index in [0.29, 0.717) is 42.5 Å². The largest absolute Gasteiger partial charge is 0.367 e. The summed E-state index contributed by atoms with van der Waals surface area (Å²) in [7, 11) is 0. The van der Waals surface area contributed by atoms with Gasteiger partial charge in [-0.2, -0.15) is 0 Å². The third-order valence-corrected chi connectivity index (χ3v) is 4.93. The molecule has 146 valence electrons. The summed E-state index contributed by atoms with van der Waals surface area (Å²) in [5, 5.41) is 6.24. The van der Waals surface area contributed by atoms with Crippen molar-refractivity contribution in [2.24, 2.45) is 0 Å². The Labute approximate surface area is 174 Å². The van der Waals surface area contributed by atoms with Crippen molar-refractivity contribution in [1.82, 2.24) is 10.2 Å². The second kappa shape index (κ2) is 9.03. The molecule has 2 aromatic carbocycles. The molecule has 1 heterocycles. The zero-order chi connectivity index (χ0) is 20.1. The molecule has 28 heavy (non-hydrogen) atoms. The number of hydrogen-bond acceptors (Lipinski definition) is 4. The number of piperazine rings is 1. The minimum atomic E-state index is -0.233. The molecule has 0 unspecified atom stereocenters. The van der Waals surface area contributed by atoms with E-state index in [-0.39, 0.29) is 16.9 Å². The SMILES string of the molecule is CC(=O)NC(=S)Nc1ccc(N2CCN(C(=O)c3ccccc3)CC2)c(Cl)c1. The lowest BCUT2D eigenvalue weighted by Crippen LogP contribution is -2.48. The molecule has 6 nitrogen and oxygen atoms in total. The summed E-state index contributed by atoms with van der Waals surface area (Å²) in [5.74, 6) is -0.180. The highest BCUT2D eigenvalue weighted by Crippen LogP contribution is 2.29. The predicted octanol–water partition coefficient (Wildman–Crippen LogP) is 3.14. The third kappa shape index (κ3) is 4.99. The third-order valence-electron chi connectivity index (χ3n) is 4.42. The Morgan fingerprint density at radius 1 is 1.04 bits per heavy atom. The number of amides is 2. The van der Waals surface area contributed by atoms with Crippen molar-refractivity contribution in [3.05, 3.63) is 59.1 Å². The molecule has 0 saturated carbocycles. The summed E-state index contributed by atoms with van der Waals surface area (Å²) in [6.07, 6.45) is 0. The number of rotatable bonds is 3. The fraction of sp³-hybridized carbons (Fsp3) is 0.250. The average molecular weight is 417 g/mol. The number of thiocarbonyl (C=S) groups is 1. The molecule has 0 atom stereocenters. The van der Waals surface area contributed by atoms with Crippen molar-refractivity contribution in [2.45, 2.75) is 6.92 Å². The van der Waals surface area contributed by atoms with Crippen LogP contribution in [0.3, 0.4) is 0 Å². The van der Waals surface area contributed by atoms with Gasteiger partial charge in [-0.1, -0.05) is 29.8 Å². The lowest BCUT2D eigenvalue weighted by atomic mass is 10.1. The Balaban J connectivity index is 1.60. The van der Waals surface area contributed by atoms with E-state index in [0.717, 1.165) is 5.69 Å². The van der Waals surface area contributed by atoms with Gasteiger partial charge in [-0.3, -0.25) is 9.59 Å². The number of halogens is 1. The molecule has 1 aliphatic rings. The molecule has 3 rings (SSSR count). The van der Waals surface area contributed by atoms with Crippen LogP contribution in [-0.2, 0) is 4.79 Å². The molecular weight excluding hydrogens is 396 g/mol. The van der Waals surface area contributed by atoms with Gasteiger partial charge < -0.3 is 20.4 Å². The van der Waals surface area contributed by atoms with E-state index < -0.39 is 0 Å². The minimum absolute atomic E-state index is 0.0531. The van der Waals surface area contributed by atoms with Crippen LogP contribution >= 0.6 is 23.8 Å². The molecule has 8 heteroatoms. The van der Waals surface area contributed by atoms with E-state index in [2.05, 4.69) is 15.5 Å². The molecule has 1 saturated heterocycles.